The lowest BCUT2D eigenvalue weighted by atomic mass is 10.4. The third-order valence-electron chi connectivity index (χ3n) is 2.23. The van der Waals surface area contributed by atoms with E-state index in [4.69, 9.17) is 14.3 Å². The Kier molecular flexibility index (Phi) is 3.13. The number of carbonyl (C=O) groups is 1. The van der Waals surface area contributed by atoms with Gasteiger partial charge in [-0.05, 0) is 12.1 Å². The highest BCUT2D eigenvalue weighted by atomic mass is 16.5. The molecule has 0 bridgehead atoms. The van der Waals surface area contributed by atoms with Crippen LogP contribution < -0.4 is 10.3 Å². The number of furan rings is 1. The topological polar surface area (TPSA) is 94.6 Å². The molecule has 18 heavy (non-hydrogen) atoms. The molecule has 7 heteroatoms. The quantitative estimate of drug-likeness (QED) is 0.853. The van der Waals surface area contributed by atoms with Crippen LogP contribution in [0.4, 0.5) is 0 Å². The molecule has 0 fully saturated rings. The molecule has 0 aliphatic rings. The number of ether oxygens (including phenoxy) is 1. The second kappa shape index (κ2) is 4.74. The smallest absolute Gasteiger partial charge is 0.371 e. The average Bonchev–Trinajstić information content (AvgIpc) is 2.81. The summed E-state index contributed by atoms with van der Waals surface area (Å²) in [4.78, 5) is 22.2. The van der Waals surface area contributed by atoms with Crippen molar-refractivity contribution in [3.63, 3.8) is 0 Å². The zero-order chi connectivity index (χ0) is 13.1. The number of aromatic nitrogens is 2. The fourth-order valence-corrected chi connectivity index (χ4v) is 1.38. The van der Waals surface area contributed by atoms with Crippen LogP contribution >= 0.6 is 0 Å². The molecule has 0 amide bonds. The Morgan fingerprint density at radius 1 is 1.44 bits per heavy atom. The van der Waals surface area contributed by atoms with Gasteiger partial charge in [-0.15, -0.1) is 5.10 Å². The minimum atomic E-state index is -1.16. The monoisotopic (exact) mass is 250 g/mol. The van der Waals surface area contributed by atoms with Crippen LogP contribution in [0.2, 0.25) is 0 Å². The van der Waals surface area contributed by atoms with Crippen LogP contribution in [0.15, 0.2) is 33.5 Å². The van der Waals surface area contributed by atoms with Crippen molar-refractivity contribution in [3.8, 4) is 5.88 Å². The Morgan fingerprint density at radius 3 is 2.83 bits per heavy atom. The molecule has 0 radical (unpaired) electrons. The maximum absolute atomic E-state index is 11.5. The lowest BCUT2D eigenvalue weighted by molar-refractivity contribution is 0.0660. The number of hydrogen-bond acceptors (Lipinski definition) is 5. The molecule has 0 unspecified atom stereocenters. The molecule has 1 N–H and O–H groups in total. The van der Waals surface area contributed by atoms with E-state index in [0.717, 1.165) is 4.68 Å². The first kappa shape index (κ1) is 11.9. The molecular weight excluding hydrogens is 240 g/mol. The molecule has 0 aromatic carbocycles. The number of rotatable bonds is 4. The van der Waals surface area contributed by atoms with Crippen molar-refractivity contribution in [2.45, 2.75) is 6.54 Å². The predicted octanol–water partition coefficient (Wildman–Crippen LogP) is 0.591. The third kappa shape index (κ3) is 2.40. The average molecular weight is 250 g/mol. The van der Waals surface area contributed by atoms with Gasteiger partial charge >= 0.3 is 5.97 Å². The molecule has 7 nitrogen and oxygen atoms in total. The molecule has 2 aromatic heterocycles. The normalized spacial score (nSPS) is 10.3. The first-order valence-corrected chi connectivity index (χ1v) is 5.04. The van der Waals surface area contributed by atoms with E-state index >= 15 is 0 Å². The van der Waals surface area contributed by atoms with Gasteiger partial charge in [-0.3, -0.25) is 4.79 Å². The van der Waals surface area contributed by atoms with Crippen LogP contribution in [-0.2, 0) is 6.54 Å². The largest absolute Gasteiger partial charge is 0.480 e. The highest BCUT2D eigenvalue weighted by Gasteiger charge is 2.10. The Hall–Kier alpha value is -2.57. The van der Waals surface area contributed by atoms with Gasteiger partial charge in [-0.25, -0.2) is 9.48 Å². The Bertz CT molecular complexity index is 628. The van der Waals surface area contributed by atoms with Crippen molar-refractivity contribution in [1.29, 1.82) is 0 Å². The van der Waals surface area contributed by atoms with Crippen molar-refractivity contribution in [1.82, 2.24) is 9.78 Å². The lowest BCUT2D eigenvalue weighted by Gasteiger charge is -2.03. The first-order chi connectivity index (χ1) is 8.60. The molecule has 0 saturated heterocycles. The number of hydrogen-bond donors (Lipinski definition) is 1. The highest BCUT2D eigenvalue weighted by Crippen LogP contribution is 2.09. The summed E-state index contributed by atoms with van der Waals surface area (Å²) in [5.41, 5.74) is -0.330. The van der Waals surface area contributed by atoms with Gasteiger partial charge in [0, 0.05) is 12.1 Å². The van der Waals surface area contributed by atoms with Crippen LogP contribution in [0.25, 0.3) is 0 Å². The number of methoxy groups -OCH3 is 1. The first-order valence-electron chi connectivity index (χ1n) is 5.04. The summed E-state index contributed by atoms with van der Waals surface area (Å²) in [5, 5.41) is 12.6. The second-order valence-electron chi connectivity index (χ2n) is 3.44. The molecule has 94 valence electrons. The van der Waals surface area contributed by atoms with Crippen molar-refractivity contribution in [3.05, 3.63) is 46.1 Å². The number of nitrogens with zero attached hydrogens (tertiary/aromatic N) is 2. The summed E-state index contributed by atoms with van der Waals surface area (Å²) in [5.74, 6) is -0.719. The van der Waals surface area contributed by atoms with Gasteiger partial charge in [0.15, 0.2) is 0 Å². The fraction of sp³-hybridized carbons (Fsp3) is 0.182. The number of aromatic carboxylic acids is 1. The Labute approximate surface area is 101 Å². The van der Waals surface area contributed by atoms with Gasteiger partial charge in [-0.1, -0.05) is 0 Å². The zero-order valence-corrected chi connectivity index (χ0v) is 9.49. The Balaban J connectivity index is 2.27. The van der Waals surface area contributed by atoms with Crippen molar-refractivity contribution >= 4 is 5.97 Å². The van der Waals surface area contributed by atoms with Crippen LogP contribution in [0.1, 0.15) is 16.3 Å². The van der Waals surface area contributed by atoms with Crippen LogP contribution in [0.3, 0.4) is 0 Å². The summed E-state index contributed by atoms with van der Waals surface area (Å²) in [6.07, 6.45) is 0. The standard InChI is InChI=1S/C11H10N2O5/c1-17-9-4-5-10(14)13(12-9)6-7-2-3-8(18-7)11(15)16/h2-5H,6H2,1H3,(H,15,16). The molecule has 0 spiro atoms. The van der Waals surface area contributed by atoms with Gasteiger partial charge in [0.05, 0.1) is 7.11 Å². The van der Waals surface area contributed by atoms with Crippen LogP contribution in [0.5, 0.6) is 5.88 Å². The molecule has 2 rings (SSSR count). The summed E-state index contributed by atoms with van der Waals surface area (Å²) in [7, 11) is 1.44. The van der Waals surface area contributed by atoms with Crippen molar-refractivity contribution in [2.24, 2.45) is 0 Å². The van der Waals surface area contributed by atoms with E-state index in [1.54, 1.807) is 0 Å². The van der Waals surface area contributed by atoms with E-state index in [1.807, 2.05) is 0 Å². The summed E-state index contributed by atoms with van der Waals surface area (Å²) in [6.45, 7) is 0.0450. The maximum atomic E-state index is 11.5. The van der Waals surface area contributed by atoms with E-state index in [-0.39, 0.29) is 17.9 Å². The Morgan fingerprint density at radius 2 is 2.22 bits per heavy atom. The summed E-state index contributed by atoms with van der Waals surface area (Å²) < 4.78 is 11.1. The van der Waals surface area contributed by atoms with Gasteiger partial charge < -0.3 is 14.3 Å². The minimum Gasteiger partial charge on any atom is -0.480 e. The molecule has 2 heterocycles. The van der Waals surface area contributed by atoms with Crippen molar-refractivity contribution < 1.29 is 19.1 Å². The molecule has 0 saturated carbocycles. The van der Waals surface area contributed by atoms with E-state index < -0.39 is 5.97 Å². The van der Waals surface area contributed by atoms with E-state index in [1.165, 1.54) is 31.4 Å². The molecule has 2 aromatic rings. The fourth-order valence-electron chi connectivity index (χ4n) is 1.38. The minimum absolute atomic E-state index is 0.0450. The van der Waals surface area contributed by atoms with E-state index in [9.17, 15) is 9.59 Å². The maximum Gasteiger partial charge on any atom is 0.371 e. The SMILES string of the molecule is COc1ccc(=O)n(Cc2ccc(C(=O)O)o2)n1. The second-order valence-corrected chi connectivity index (χ2v) is 3.44. The third-order valence-corrected chi connectivity index (χ3v) is 2.23. The van der Waals surface area contributed by atoms with Crippen LogP contribution in [-0.4, -0.2) is 28.0 Å². The molecule has 0 aliphatic heterocycles. The van der Waals surface area contributed by atoms with E-state index in [0.29, 0.717) is 11.6 Å². The highest BCUT2D eigenvalue weighted by molar-refractivity contribution is 5.84. The molecule has 0 atom stereocenters. The van der Waals surface area contributed by atoms with Gasteiger partial charge in [-0.2, -0.15) is 0 Å². The van der Waals surface area contributed by atoms with Crippen LogP contribution in [0, 0.1) is 0 Å². The van der Waals surface area contributed by atoms with Gasteiger partial charge in [0.1, 0.15) is 12.3 Å². The summed E-state index contributed by atoms with van der Waals surface area (Å²) in [6, 6.07) is 5.57. The predicted molar refractivity (Wildman–Crippen MR) is 59.8 cm³/mol. The molecular formula is C11H10N2O5. The van der Waals surface area contributed by atoms with Crippen molar-refractivity contribution in [2.75, 3.05) is 7.11 Å². The van der Waals surface area contributed by atoms with Gasteiger partial charge in [0.2, 0.25) is 11.6 Å². The molecule has 0 aliphatic carbocycles. The summed E-state index contributed by atoms with van der Waals surface area (Å²) >= 11 is 0. The number of carboxylic acids is 1. The van der Waals surface area contributed by atoms with E-state index in [2.05, 4.69) is 5.10 Å². The lowest BCUT2D eigenvalue weighted by Crippen LogP contribution is -2.22. The van der Waals surface area contributed by atoms with Gasteiger partial charge in [0.25, 0.3) is 5.56 Å². The number of carboxylic acid groups (broad SMARTS) is 1. The zero-order valence-electron chi connectivity index (χ0n) is 9.49.